The number of hydrogen-bond donors (Lipinski definition) is 0. The maximum absolute atomic E-state index is 11.8. The van der Waals surface area contributed by atoms with E-state index in [2.05, 4.69) is 9.88 Å². The Balaban J connectivity index is 1.71. The van der Waals surface area contributed by atoms with Gasteiger partial charge in [-0.25, -0.2) is 9.78 Å². The first-order chi connectivity index (χ1) is 12.6. The predicted octanol–water partition coefficient (Wildman–Crippen LogP) is 4.65. The molecular weight excluding hydrogens is 372 g/mol. The summed E-state index contributed by atoms with van der Waals surface area (Å²) in [7, 11) is 0. The van der Waals surface area contributed by atoms with Crippen molar-refractivity contribution < 1.29 is 14.3 Å². The van der Waals surface area contributed by atoms with E-state index in [0.717, 1.165) is 48.8 Å². The lowest BCUT2D eigenvalue weighted by atomic mass is 10.1. The van der Waals surface area contributed by atoms with Crippen molar-refractivity contribution in [3.05, 3.63) is 34.3 Å². The second-order valence-electron chi connectivity index (χ2n) is 6.07. The molecule has 0 amide bonds. The SMILES string of the molecule is CCOC(=O)c1csc(-c2ccc(N3CCC(OCC)CC3)c(Cl)c2)n1. The number of benzene rings is 1. The first kappa shape index (κ1) is 19.1. The lowest BCUT2D eigenvalue weighted by Crippen LogP contribution is -2.37. The van der Waals surface area contributed by atoms with Crippen LogP contribution in [-0.2, 0) is 9.47 Å². The Morgan fingerprint density at radius 1 is 1.31 bits per heavy atom. The van der Waals surface area contributed by atoms with Crippen LogP contribution >= 0.6 is 22.9 Å². The molecule has 26 heavy (non-hydrogen) atoms. The lowest BCUT2D eigenvalue weighted by Gasteiger charge is -2.34. The summed E-state index contributed by atoms with van der Waals surface area (Å²) in [6.07, 6.45) is 2.38. The van der Waals surface area contributed by atoms with E-state index in [1.54, 1.807) is 12.3 Å². The first-order valence-electron chi connectivity index (χ1n) is 8.91. The number of ether oxygens (including phenoxy) is 2. The minimum Gasteiger partial charge on any atom is -0.461 e. The summed E-state index contributed by atoms with van der Waals surface area (Å²) < 4.78 is 10.7. The normalized spacial score (nSPS) is 15.3. The number of carbonyl (C=O) groups excluding carboxylic acids is 1. The Morgan fingerprint density at radius 2 is 2.08 bits per heavy atom. The van der Waals surface area contributed by atoms with Crippen molar-refractivity contribution in [2.75, 3.05) is 31.2 Å². The molecule has 7 heteroatoms. The summed E-state index contributed by atoms with van der Waals surface area (Å²) in [5.41, 5.74) is 2.28. The number of hydrogen-bond acceptors (Lipinski definition) is 6. The number of piperidine rings is 1. The molecule has 5 nitrogen and oxygen atoms in total. The van der Waals surface area contributed by atoms with E-state index < -0.39 is 5.97 Å². The first-order valence-corrected chi connectivity index (χ1v) is 10.2. The molecule has 1 aromatic carbocycles. The molecule has 1 fully saturated rings. The highest BCUT2D eigenvalue weighted by Crippen LogP contribution is 2.34. The molecule has 0 N–H and O–H groups in total. The van der Waals surface area contributed by atoms with Gasteiger partial charge in [-0.1, -0.05) is 11.6 Å². The Morgan fingerprint density at radius 3 is 2.73 bits per heavy atom. The number of carbonyl (C=O) groups is 1. The summed E-state index contributed by atoms with van der Waals surface area (Å²) in [6, 6.07) is 5.95. The Hall–Kier alpha value is -1.63. The highest BCUT2D eigenvalue weighted by atomic mass is 35.5. The second kappa shape index (κ2) is 8.84. The number of nitrogens with zero attached hydrogens (tertiary/aromatic N) is 2. The van der Waals surface area contributed by atoms with Gasteiger partial charge in [0.1, 0.15) is 5.01 Å². The number of anilines is 1. The van der Waals surface area contributed by atoms with E-state index in [1.807, 2.05) is 25.1 Å². The summed E-state index contributed by atoms with van der Waals surface area (Å²) >= 11 is 7.95. The highest BCUT2D eigenvalue weighted by Gasteiger charge is 2.21. The molecule has 0 aliphatic carbocycles. The molecule has 140 valence electrons. The van der Waals surface area contributed by atoms with Crippen LogP contribution in [0.5, 0.6) is 0 Å². The standard InChI is InChI=1S/C19H23ClN2O3S/c1-3-24-14-7-9-22(10-8-14)17-6-5-13(11-15(17)20)18-21-16(12-26-18)19(23)25-4-2/h5-6,11-12,14H,3-4,7-10H2,1-2H3. The van der Waals surface area contributed by atoms with E-state index >= 15 is 0 Å². The minimum absolute atomic E-state index is 0.338. The molecule has 1 aromatic heterocycles. The molecule has 0 unspecified atom stereocenters. The zero-order valence-corrected chi connectivity index (χ0v) is 16.6. The van der Waals surface area contributed by atoms with Crippen molar-refractivity contribution in [1.29, 1.82) is 0 Å². The van der Waals surface area contributed by atoms with Gasteiger partial charge in [0.2, 0.25) is 0 Å². The smallest absolute Gasteiger partial charge is 0.357 e. The van der Waals surface area contributed by atoms with Gasteiger partial charge >= 0.3 is 5.97 Å². The van der Waals surface area contributed by atoms with Crippen LogP contribution in [0.2, 0.25) is 5.02 Å². The van der Waals surface area contributed by atoms with Crippen LogP contribution in [0, 0.1) is 0 Å². The molecule has 1 saturated heterocycles. The van der Waals surface area contributed by atoms with Gasteiger partial charge in [0.05, 0.1) is 23.4 Å². The van der Waals surface area contributed by atoms with E-state index in [9.17, 15) is 4.79 Å². The molecule has 0 spiro atoms. The average molecular weight is 395 g/mol. The van der Waals surface area contributed by atoms with Crippen LogP contribution in [0.1, 0.15) is 37.2 Å². The monoisotopic (exact) mass is 394 g/mol. The van der Waals surface area contributed by atoms with Crippen molar-refractivity contribution in [3.8, 4) is 10.6 Å². The zero-order chi connectivity index (χ0) is 18.5. The molecule has 0 saturated carbocycles. The van der Waals surface area contributed by atoms with E-state index in [4.69, 9.17) is 21.1 Å². The van der Waals surface area contributed by atoms with Gasteiger partial charge in [-0.2, -0.15) is 0 Å². The molecule has 0 radical (unpaired) electrons. The van der Waals surface area contributed by atoms with E-state index in [0.29, 0.717) is 23.4 Å². The third-order valence-electron chi connectivity index (χ3n) is 4.37. The van der Waals surface area contributed by atoms with Crippen LogP contribution in [0.25, 0.3) is 10.6 Å². The van der Waals surface area contributed by atoms with Crippen LogP contribution in [0.4, 0.5) is 5.69 Å². The Labute approximate surface area is 162 Å². The molecular formula is C19H23ClN2O3S. The fraction of sp³-hybridized carbons (Fsp3) is 0.474. The van der Waals surface area contributed by atoms with Crippen molar-refractivity contribution in [2.45, 2.75) is 32.8 Å². The molecule has 1 aliphatic rings. The maximum atomic E-state index is 11.8. The number of rotatable bonds is 6. The zero-order valence-electron chi connectivity index (χ0n) is 15.0. The van der Waals surface area contributed by atoms with Gasteiger partial charge in [-0.3, -0.25) is 0 Å². The van der Waals surface area contributed by atoms with Crippen LogP contribution in [0.15, 0.2) is 23.6 Å². The maximum Gasteiger partial charge on any atom is 0.357 e. The van der Waals surface area contributed by atoms with Gasteiger partial charge in [-0.05, 0) is 44.9 Å². The summed E-state index contributed by atoms with van der Waals surface area (Å²) in [6.45, 7) is 6.80. The van der Waals surface area contributed by atoms with Gasteiger partial charge in [-0.15, -0.1) is 11.3 Å². The Kier molecular flexibility index (Phi) is 6.51. The average Bonchev–Trinajstić information content (AvgIpc) is 3.13. The second-order valence-corrected chi connectivity index (χ2v) is 7.33. The lowest BCUT2D eigenvalue weighted by molar-refractivity contribution is 0.0459. The topological polar surface area (TPSA) is 51.7 Å². The number of esters is 1. The van der Waals surface area contributed by atoms with Crippen LogP contribution < -0.4 is 4.90 Å². The molecule has 0 atom stereocenters. The van der Waals surface area contributed by atoms with Gasteiger partial charge in [0.25, 0.3) is 0 Å². The summed E-state index contributed by atoms with van der Waals surface area (Å²) in [4.78, 5) is 18.4. The molecule has 2 heterocycles. The van der Waals surface area contributed by atoms with Crippen LogP contribution in [0.3, 0.4) is 0 Å². The summed E-state index contributed by atoms with van der Waals surface area (Å²) in [5, 5.41) is 3.18. The molecule has 0 bridgehead atoms. The van der Waals surface area contributed by atoms with E-state index in [-0.39, 0.29) is 0 Å². The van der Waals surface area contributed by atoms with Crippen LogP contribution in [-0.4, -0.2) is 43.4 Å². The highest BCUT2D eigenvalue weighted by molar-refractivity contribution is 7.13. The van der Waals surface area contributed by atoms with Gasteiger partial charge in [0.15, 0.2) is 5.69 Å². The number of halogens is 1. The molecule has 1 aliphatic heterocycles. The van der Waals surface area contributed by atoms with Crippen molar-refractivity contribution in [1.82, 2.24) is 4.98 Å². The Bertz CT molecular complexity index is 757. The quantitative estimate of drug-likeness (QED) is 0.667. The van der Waals surface area contributed by atoms with Crippen molar-refractivity contribution in [3.63, 3.8) is 0 Å². The summed E-state index contributed by atoms with van der Waals surface area (Å²) in [5.74, 6) is -0.394. The van der Waals surface area contributed by atoms with E-state index in [1.165, 1.54) is 11.3 Å². The largest absolute Gasteiger partial charge is 0.461 e. The fourth-order valence-corrected chi connectivity index (χ4v) is 4.19. The van der Waals surface area contributed by atoms with Crippen molar-refractivity contribution in [2.24, 2.45) is 0 Å². The van der Waals surface area contributed by atoms with Gasteiger partial charge in [0, 0.05) is 30.6 Å². The number of aromatic nitrogens is 1. The van der Waals surface area contributed by atoms with Gasteiger partial charge < -0.3 is 14.4 Å². The number of thiazole rings is 1. The third kappa shape index (κ3) is 4.37. The fourth-order valence-electron chi connectivity index (χ4n) is 3.10. The molecule has 2 aromatic rings. The predicted molar refractivity (Wildman–Crippen MR) is 105 cm³/mol. The molecule has 3 rings (SSSR count). The third-order valence-corrected chi connectivity index (χ3v) is 5.56. The minimum atomic E-state index is -0.394. The van der Waals surface area contributed by atoms with Crippen molar-refractivity contribution >= 4 is 34.6 Å².